The van der Waals surface area contributed by atoms with Gasteiger partial charge in [-0.1, -0.05) is 25.0 Å². The van der Waals surface area contributed by atoms with Crippen molar-refractivity contribution in [2.24, 2.45) is 29.1 Å². The summed E-state index contributed by atoms with van der Waals surface area (Å²) in [7, 11) is 0. The molecule has 0 amide bonds. The van der Waals surface area contributed by atoms with E-state index < -0.39 is 5.60 Å². The van der Waals surface area contributed by atoms with Crippen molar-refractivity contribution in [2.45, 2.75) is 57.5 Å². The van der Waals surface area contributed by atoms with Crippen LogP contribution < -0.4 is 0 Å². The fraction of sp³-hybridized carbons (Fsp3) is 0.652. The van der Waals surface area contributed by atoms with Gasteiger partial charge in [0.05, 0.1) is 0 Å². The summed E-state index contributed by atoms with van der Waals surface area (Å²) < 4.78 is 0. The fourth-order valence-electron chi connectivity index (χ4n) is 6.17. The van der Waals surface area contributed by atoms with E-state index in [0.29, 0.717) is 35.3 Å². The standard InChI is InChI=1S/C23H29ClO2/c1-22-12-9-19-18-8-6-17(25)15-16(18)5-7-20(19)21(22)10-13-23(22,26)11-3-2-4-14-24/h5-6,8,15,18-21,25-26H,2,4,7,9-10,12-14H2,1H3/t18-,19+,20+,21-,22-,23-/m0/s1. The number of rotatable bonds is 2. The molecule has 0 unspecified atom stereocenters. The summed E-state index contributed by atoms with van der Waals surface area (Å²) in [4.78, 5) is 0. The first-order valence-corrected chi connectivity index (χ1v) is 10.6. The molecule has 0 aromatic heterocycles. The summed E-state index contributed by atoms with van der Waals surface area (Å²) in [6, 6.07) is 0. The molecule has 3 heteroatoms. The van der Waals surface area contributed by atoms with Crippen LogP contribution in [0.1, 0.15) is 51.9 Å². The monoisotopic (exact) mass is 372 g/mol. The van der Waals surface area contributed by atoms with Crippen LogP contribution in [-0.4, -0.2) is 21.7 Å². The van der Waals surface area contributed by atoms with E-state index in [4.69, 9.17) is 11.6 Å². The maximum Gasteiger partial charge on any atom is 0.131 e. The Kier molecular flexibility index (Phi) is 4.74. The van der Waals surface area contributed by atoms with Gasteiger partial charge in [-0.25, -0.2) is 0 Å². The minimum Gasteiger partial charge on any atom is -0.508 e. The van der Waals surface area contributed by atoms with Crippen molar-refractivity contribution in [2.75, 3.05) is 5.88 Å². The maximum absolute atomic E-state index is 11.4. The van der Waals surface area contributed by atoms with Gasteiger partial charge in [-0.3, -0.25) is 0 Å². The van der Waals surface area contributed by atoms with Gasteiger partial charge in [-0.05, 0) is 74.0 Å². The van der Waals surface area contributed by atoms with Crippen LogP contribution in [0.2, 0.25) is 0 Å². The van der Waals surface area contributed by atoms with Crippen LogP contribution in [0.4, 0.5) is 0 Å². The quantitative estimate of drug-likeness (QED) is 0.400. The van der Waals surface area contributed by atoms with E-state index in [1.807, 2.05) is 12.2 Å². The Hall–Kier alpha value is -1.17. The van der Waals surface area contributed by atoms with Gasteiger partial charge in [0.25, 0.3) is 0 Å². The molecule has 2 N–H and O–H groups in total. The van der Waals surface area contributed by atoms with Gasteiger partial charge in [-0.15, -0.1) is 17.5 Å². The van der Waals surface area contributed by atoms with Crippen LogP contribution in [0.5, 0.6) is 0 Å². The Morgan fingerprint density at radius 1 is 1.27 bits per heavy atom. The average molecular weight is 373 g/mol. The second kappa shape index (κ2) is 6.77. The Balaban J connectivity index is 1.58. The molecule has 4 rings (SSSR count). The number of halogens is 1. The van der Waals surface area contributed by atoms with Crippen molar-refractivity contribution < 1.29 is 10.2 Å². The van der Waals surface area contributed by atoms with Crippen molar-refractivity contribution >= 4 is 11.6 Å². The number of unbranched alkanes of at least 4 members (excludes halogenated alkanes) is 1. The molecule has 0 spiro atoms. The lowest BCUT2D eigenvalue weighted by Crippen LogP contribution is -2.51. The molecule has 0 bridgehead atoms. The largest absolute Gasteiger partial charge is 0.508 e. The molecule has 0 aromatic carbocycles. The zero-order chi connectivity index (χ0) is 18.4. The van der Waals surface area contributed by atoms with Gasteiger partial charge in [-0.2, -0.15) is 0 Å². The predicted molar refractivity (Wildman–Crippen MR) is 106 cm³/mol. The first-order chi connectivity index (χ1) is 12.5. The molecule has 0 aliphatic heterocycles. The third-order valence-electron chi connectivity index (χ3n) is 7.64. The molecule has 26 heavy (non-hydrogen) atoms. The molecule has 2 fully saturated rings. The van der Waals surface area contributed by atoms with Gasteiger partial charge in [0, 0.05) is 23.6 Å². The number of aliphatic hydroxyl groups excluding tert-OH is 1. The van der Waals surface area contributed by atoms with E-state index in [0.717, 1.165) is 44.9 Å². The topological polar surface area (TPSA) is 40.5 Å². The normalized spacial score (nSPS) is 43.3. The summed E-state index contributed by atoms with van der Waals surface area (Å²) in [6.07, 6.45) is 15.0. The second-order valence-corrected chi connectivity index (χ2v) is 9.16. The van der Waals surface area contributed by atoms with Gasteiger partial charge in [0.15, 0.2) is 0 Å². The van der Waals surface area contributed by atoms with E-state index in [2.05, 4.69) is 30.9 Å². The van der Waals surface area contributed by atoms with Crippen LogP contribution in [0, 0.1) is 40.9 Å². The highest BCUT2D eigenvalue weighted by Crippen LogP contribution is 2.63. The zero-order valence-electron chi connectivity index (χ0n) is 15.5. The number of hydrogen-bond acceptors (Lipinski definition) is 2. The smallest absolute Gasteiger partial charge is 0.131 e. The molecule has 6 atom stereocenters. The molecule has 4 aliphatic rings. The highest BCUT2D eigenvalue weighted by molar-refractivity contribution is 6.17. The van der Waals surface area contributed by atoms with Gasteiger partial charge >= 0.3 is 0 Å². The van der Waals surface area contributed by atoms with Crippen LogP contribution in [0.3, 0.4) is 0 Å². The molecular formula is C23H29ClO2. The molecule has 2 saturated carbocycles. The van der Waals surface area contributed by atoms with Crippen molar-refractivity contribution in [3.8, 4) is 11.8 Å². The maximum atomic E-state index is 11.4. The van der Waals surface area contributed by atoms with E-state index >= 15 is 0 Å². The number of hydrogen-bond donors (Lipinski definition) is 2. The minimum atomic E-state index is -0.848. The second-order valence-electron chi connectivity index (χ2n) is 8.78. The molecule has 140 valence electrons. The first-order valence-electron chi connectivity index (χ1n) is 10.1. The van der Waals surface area contributed by atoms with E-state index in [9.17, 15) is 10.2 Å². The highest BCUT2D eigenvalue weighted by atomic mass is 35.5. The number of fused-ring (bicyclic) bond motifs is 5. The molecular weight excluding hydrogens is 344 g/mol. The van der Waals surface area contributed by atoms with Crippen molar-refractivity contribution in [3.05, 3.63) is 35.6 Å². The molecule has 0 radical (unpaired) electrons. The van der Waals surface area contributed by atoms with Crippen LogP contribution in [0.25, 0.3) is 0 Å². The summed E-state index contributed by atoms with van der Waals surface area (Å²) >= 11 is 5.75. The highest BCUT2D eigenvalue weighted by Gasteiger charge is 2.61. The van der Waals surface area contributed by atoms with Crippen LogP contribution in [-0.2, 0) is 0 Å². The lowest BCUT2D eigenvalue weighted by molar-refractivity contribution is -0.0770. The van der Waals surface area contributed by atoms with Crippen LogP contribution >= 0.6 is 11.6 Å². The lowest BCUT2D eigenvalue weighted by atomic mass is 9.52. The summed E-state index contributed by atoms with van der Waals surface area (Å²) in [6.45, 7) is 2.28. The van der Waals surface area contributed by atoms with Crippen molar-refractivity contribution in [1.82, 2.24) is 0 Å². The fourth-order valence-corrected chi connectivity index (χ4v) is 6.31. The molecule has 2 nitrogen and oxygen atoms in total. The predicted octanol–water partition coefficient (Wildman–Crippen LogP) is 5.14. The Morgan fingerprint density at radius 2 is 2.12 bits per heavy atom. The van der Waals surface area contributed by atoms with E-state index in [1.54, 1.807) is 0 Å². The third-order valence-corrected chi connectivity index (χ3v) is 7.90. The van der Waals surface area contributed by atoms with Gasteiger partial charge in [0.2, 0.25) is 0 Å². The molecule has 4 aliphatic carbocycles. The number of alkyl halides is 1. The molecule has 0 saturated heterocycles. The lowest BCUT2D eigenvalue weighted by Gasteiger charge is -2.53. The first kappa shape index (κ1) is 18.2. The van der Waals surface area contributed by atoms with E-state index in [-0.39, 0.29) is 5.41 Å². The SMILES string of the molecule is C[C@]12CC[C@H]3[C@@H](CC=C4C=C(O)C=C[C@@H]43)[C@@H]1CC[C@@]2(O)C#CCCCCl. The van der Waals surface area contributed by atoms with Gasteiger partial charge < -0.3 is 10.2 Å². The molecule has 0 heterocycles. The Labute approximate surface area is 162 Å². The number of aliphatic hydroxyl groups is 2. The van der Waals surface area contributed by atoms with Crippen molar-refractivity contribution in [1.29, 1.82) is 0 Å². The summed E-state index contributed by atoms with van der Waals surface area (Å²) in [5.74, 6) is 9.66. The zero-order valence-corrected chi connectivity index (χ0v) is 16.3. The summed E-state index contributed by atoms with van der Waals surface area (Å²) in [5, 5.41) is 21.2. The average Bonchev–Trinajstić information content (AvgIpc) is 2.90. The van der Waals surface area contributed by atoms with Gasteiger partial charge in [0.1, 0.15) is 11.4 Å². The Bertz CT molecular complexity index is 724. The third kappa shape index (κ3) is 2.76. The van der Waals surface area contributed by atoms with Crippen LogP contribution in [0.15, 0.2) is 35.6 Å². The molecule has 0 aromatic rings. The minimum absolute atomic E-state index is 0.107. The van der Waals surface area contributed by atoms with Crippen molar-refractivity contribution in [3.63, 3.8) is 0 Å². The Morgan fingerprint density at radius 3 is 2.92 bits per heavy atom. The number of allylic oxidation sites excluding steroid dienone is 5. The summed E-state index contributed by atoms with van der Waals surface area (Å²) in [5.41, 5.74) is 0.326. The van der Waals surface area contributed by atoms with E-state index in [1.165, 1.54) is 5.57 Å².